The van der Waals surface area contributed by atoms with Crippen molar-refractivity contribution in [2.24, 2.45) is 5.92 Å². The Morgan fingerprint density at radius 1 is 1.04 bits per heavy atom. The number of hydrogen-bond acceptors (Lipinski definition) is 2. The van der Waals surface area contributed by atoms with E-state index in [9.17, 15) is 27.2 Å². The third-order valence-electron chi connectivity index (χ3n) is 4.34. The SMILES string of the molecule is CC(=O)Nc1ccc(F)c(NC(=O)C2CC2c2ccc(C(F)(F)F)cc2)c1. The minimum absolute atomic E-state index is 0.0654. The van der Waals surface area contributed by atoms with Crippen molar-refractivity contribution in [3.63, 3.8) is 0 Å². The molecule has 2 amide bonds. The number of carbonyl (C=O) groups excluding carboxylic acids is 2. The number of alkyl halides is 3. The highest BCUT2D eigenvalue weighted by Crippen LogP contribution is 2.48. The molecular formula is C19H16F4N2O2. The number of amides is 2. The Kier molecular flexibility index (Phi) is 4.91. The first kappa shape index (κ1) is 18.9. The molecule has 0 bridgehead atoms. The smallest absolute Gasteiger partial charge is 0.326 e. The molecule has 0 spiro atoms. The molecule has 2 unspecified atom stereocenters. The molecule has 2 aromatic rings. The molecule has 1 aliphatic carbocycles. The van der Waals surface area contributed by atoms with Gasteiger partial charge in [-0.25, -0.2) is 4.39 Å². The molecule has 0 radical (unpaired) electrons. The fourth-order valence-electron chi connectivity index (χ4n) is 2.90. The summed E-state index contributed by atoms with van der Waals surface area (Å²) in [5.74, 6) is -2.04. The maximum atomic E-state index is 13.9. The number of halogens is 4. The fourth-order valence-corrected chi connectivity index (χ4v) is 2.90. The molecule has 1 aliphatic rings. The van der Waals surface area contributed by atoms with Gasteiger partial charge in [-0.3, -0.25) is 9.59 Å². The standard InChI is InChI=1S/C19H16F4N2O2/c1-10(26)24-13-6-7-16(20)17(8-13)25-18(27)15-9-14(15)11-2-4-12(5-3-11)19(21,22)23/h2-8,14-15H,9H2,1H3,(H,24,26)(H,25,27). The van der Waals surface area contributed by atoms with Crippen LogP contribution in [0.2, 0.25) is 0 Å². The highest BCUT2D eigenvalue weighted by atomic mass is 19.4. The van der Waals surface area contributed by atoms with Crippen LogP contribution in [0.5, 0.6) is 0 Å². The summed E-state index contributed by atoms with van der Waals surface area (Å²) in [6, 6.07) is 8.50. The summed E-state index contributed by atoms with van der Waals surface area (Å²) in [6.45, 7) is 1.31. The van der Waals surface area contributed by atoms with E-state index in [1.54, 1.807) is 0 Å². The minimum Gasteiger partial charge on any atom is -0.326 e. The summed E-state index contributed by atoms with van der Waals surface area (Å²) >= 11 is 0. The van der Waals surface area contributed by atoms with Gasteiger partial charge in [0.05, 0.1) is 11.3 Å². The first-order valence-corrected chi connectivity index (χ1v) is 8.20. The molecule has 4 nitrogen and oxygen atoms in total. The van der Waals surface area contributed by atoms with Crippen LogP contribution in [0.25, 0.3) is 0 Å². The number of benzene rings is 2. The van der Waals surface area contributed by atoms with Gasteiger partial charge >= 0.3 is 6.18 Å². The Hall–Kier alpha value is -2.90. The molecule has 3 rings (SSSR count). The van der Waals surface area contributed by atoms with Gasteiger partial charge in [0.25, 0.3) is 0 Å². The molecule has 142 valence electrons. The second kappa shape index (κ2) is 7.02. The molecule has 0 aromatic heterocycles. The lowest BCUT2D eigenvalue weighted by molar-refractivity contribution is -0.137. The predicted molar refractivity (Wildman–Crippen MR) is 91.6 cm³/mol. The summed E-state index contributed by atoms with van der Waals surface area (Å²) in [7, 11) is 0. The molecule has 2 atom stereocenters. The fraction of sp³-hybridized carbons (Fsp3) is 0.263. The van der Waals surface area contributed by atoms with Crippen molar-refractivity contribution in [2.75, 3.05) is 10.6 Å². The Morgan fingerprint density at radius 3 is 2.30 bits per heavy atom. The molecule has 27 heavy (non-hydrogen) atoms. The lowest BCUT2D eigenvalue weighted by Crippen LogP contribution is -2.16. The van der Waals surface area contributed by atoms with Crippen LogP contribution in [0.4, 0.5) is 28.9 Å². The summed E-state index contributed by atoms with van der Waals surface area (Å²) in [6.07, 6.45) is -3.93. The van der Waals surface area contributed by atoms with Crippen LogP contribution >= 0.6 is 0 Å². The molecule has 8 heteroatoms. The lowest BCUT2D eigenvalue weighted by Gasteiger charge is -2.10. The van der Waals surface area contributed by atoms with E-state index in [2.05, 4.69) is 10.6 Å². The van der Waals surface area contributed by atoms with Gasteiger partial charge in [-0.15, -0.1) is 0 Å². The molecule has 1 fully saturated rings. The number of nitrogens with one attached hydrogen (secondary N) is 2. The van der Waals surface area contributed by atoms with E-state index in [0.29, 0.717) is 17.7 Å². The normalized spacial score (nSPS) is 18.7. The van der Waals surface area contributed by atoms with Crippen LogP contribution in [0, 0.1) is 11.7 Å². The van der Waals surface area contributed by atoms with E-state index in [4.69, 9.17) is 0 Å². The van der Waals surface area contributed by atoms with Gasteiger partial charge in [-0.2, -0.15) is 13.2 Å². The van der Waals surface area contributed by atoms with E-state index in [-0.39, 0.29) is 17.5 Å². The third-order valence-corrected chi connectivity index (χ3v) is 4.34. The number of hydrogen-bond donors (Lipinski definition) is 2. The molecule has 0 heterocycles. The van der Waals surface area contributed by atoms with Gasteiger partial charge in [0, 0.05) is 18.5 Å². The first-order chi connectivity index (χ1) is 12.6. The summed E-state index contributed by atoms with van der Waals surface area (Å²) in [5, 5.41) is 4.97. The van der Waals surface area contributed by atoms with Gasteiger partial charge in [0.15, 0.2) is 0 Å². The van der Waals surface area contributed by atoms with Gasteiger partial charge in [-0.1, -0.05) is 12.1 Å². The lowest BCUT2D eigenvalue weighted by atomic mass is 10.1. The average Bonchev–Trinajstić information content (AvgIpc) is 3.37. The number of carbonyl (C=O) groups is 2. The average molecular weight is 380 g/mol. The van der Waals surface area contributed by atoms with E-state index in [1.807, 2.05) is 0 Å². The van der Waals surface area contributed by atoms with E-state index in [0.717, 1.165) is 18.2 Å². The number of anilines is 2. The Balaban J connectivity index is 1.66. The first-order valence-electron chi connectivity index (χ1n) is 8.20. The van der Waals surface area contributed by atoms with Crippen molar-refractivity contribution in [1.82, 2.24) is 0 Å². The largest absolute Gasteiger partial charge is 0.416 e. The Labute approximate surface area is 152 Å². The molecule has 0 aliphatic heterocycles. The topological polar surface area (TPSA) is 58.2 Å². The highest BCUT2D eigenvalue weighted by molar-refractivity contribution is 5.96. The summed E-state index contributed by atoms with van der Waals surface area (Å²) in [5.41, 5.74) is 0.166. The van der Waals surface area contributed by atoms with Crippen molar-refractivity contribution in [2.45, 2.75) is 25.4 Å². The monoisotopic (exact) mass is 380 g/mol. The van der Waals surface area contributed by atoms with Crippen LogP contribution in [0.15, 0.2) is 42.5 Å². The zero-order valence-electron chi connectivity index (χ0n) is 14.2. The Bertz CT molecular complexity index is 878. The van der Waals surface area contributed by atoms with Gasteiger partial charge in [0.1, 0.15) is 5.82 Å². The maximum absolute atomic E-state index is 13.9. The van der Waals surface area contributed by atoms with Gasteiger partial charge in [-0.05, 0) is 48.2 Å². The van der Waals surface area contributed by atoms with E-state index in [1.165, 1.54) is 31.2 Å². The number of rotatable bonds is 4. The predicted octanol–water partition coefficient (Wildman–Crippen LogP) is 4.55. The van der Waals surface area contributed by atoms with Gasteiger partial charge < -0.3 is 10.6 Å². The Morgan fingerprint density at radius 2 is 1.70 bits per heavy atom. The maximum Gasteiger partial charge on any atom is 0.416 e. The second-order valence-electron chi connectivity index (χ2n) is 6.43. The molecule has 2 aromatic carbocycles. The van der Waals surface area contributed by atoms with Crippen LogP contribution < -0.4 is 10.6 Å². The van der Waals surface area contributed by atoms with Gasteiger partial charge in [0.2, 0.25) is 11.8 Å². The quantitative estimate of drug-likeness (QED) is 0.765. The van der Waals surface area contributed by atoms with E-state index >= 15 is 0 Å². The molecule has 1 saturated carbocycles. The van der Waals surface area contributed by atoms with Crippen LogP contribution in [-0.4, -0.2) is 11.8 Å². The van der Waals surface area contributed by atoms with Crippen LogP contribution in [0.1, 0.15) is 30.4 Å². The van der Waals surface area contributed by atoms with Crippen molar-refractivity contribution >= 4 is 23.2 Å². The minimum atomic E-state index is -4.41. The molecule has 0 saturated heterocycles. The van der Waals surface area contributed by atoms with Crippen molar-refractivity contribution in [3.8, 4) is 0 Å². The zero-order valence-corrected chi connectivity index (χ0v) is 14.2. The van der Waals surface area contributed by atoms with E-state index < -0.39 is 29.4 Å². The molecule has 2 N–H and O–H groups in total. The molecular weight excluding hydrogens is 364 g/mol. The van der Waals surface area contributed by atoms with Crippen molar-refractivity contribution < 1.29 is 27.2 Å². The second-order valence-corrected chi connectivity index (χ2v) is 6.43. The summed E-state index contributed by atoms with van der Waals surface area (Å²) in [4.78, 5) is 23.4. The zero-order chi connectivity index (χ0) is 19.8. The highest BCUT2D eigenvalue weighted by Gasteiger charge is 2.44. The van der Waals surface area contributed by atoms with Crippen LogP contribution in [0.3, 0.4) is 0 Å². The summed E-state index contributed by atoms with van der Waals surface area (Å²) < 4.78 is 51.7. The van der Waals surface area contributed by atoms with Crippen LogP contribution in [-0.2, 0) is 15.8 Å². The van der Waals surface area contributed by atoms with Crippen molar-refractivity contribution in [3.05, 3.63) is 59.4 Å². The van der Waals surface area contributed by atoms with Crippen molar-refractivity contribution in [1.29, 1.82) is 0 Å². The third kappa shape index (κ3) is 4.45.